The van der Waals surface area contributed by atoms with E-state index in [4.69, 9.17) is 0 Å². The molecular weight excluding hydrogens is 456 g/mol. The van der Waals surface area contributed by atoms with Gasteiger partial charge in [-0.2, -0.15) is 0 Å². The van der Waals surface area contributed by atoms with Gasteiger partial charge in [0.1, 0.15) is 5.82 Å². The number of aromatic amines is 1. The van der Waals surface area contributed by atoms with Crippen molar-refractivity contribution in [3.05, 3.63) is 35.8 Å². The lowest BCUT2D eigenvalue weighted by Crippen LogP contribution is -2.39. The van der Waals surface area contributed by atoms with Gasteiger partial charge < -0.3 is 20.5 Å². The summed E-state index contributed by atoms with van der Waals surface area (Å²) in [5.74, 6) is 1.46. The Morgan fingerprint density at radius 1 is 1.26 bits per heavy atom. The highest BCUT2D eigenvalue weighted by Crippen LogP contribution is 2.20. The molecule has 0 spiro atoms. The van der Waals surface area contributed by atoms with Crippen molar-refractivity contribution in [2.24, 2.45) is 10.9 Å². The van der Waals surface area contributed by atoms with Crippen LogP contribution in [0.2, 0.25) is 0 Å². The summed E-state index contributed by atoms with van der Waals surface area (Å²) >= 11 is 0. The first kappa shape index (κ1) is 21.9. The molecule has 1 aromatic carbocycles. The predicted octanol–water partition coefficient (Wildman–Crippen LogP) is 3.36. The van der Waals surface area contributed by atoms with Crippen LogP contribution in [-0.2, 0) is 6.42 Å². The third-order valence-corrected chi connectivity index (χ3v) is 5.32. The zero-order valence-corrected chi connectivity index (χ0v) is 18.6. The minimum atomic E-state index is -0.210. The van der Waals surface area contributed by atoms with Crippen molar-refractivity contribution in [2.45, 2.75) is 25.7 Å². The second-order valence-electron chi connectivity index (χ2n) is 7.21. The fourth-order valence-electron chi connectivity index (χ4n) is 3.65. The van der Waals surface area contributed by atoms with Crippen LogP contribution in [0.3, 0.4) is 0 Å². The first-order chi connectivity index (χ1) is 12.7. The monoisotopic (exact) mass is 487 g/mol. The number of halogens is 2. The Morgan fingerprint density at radius 2 is 2.00 bits per heavy atom. The molecule has 0 saturated carbocycles. The molecule has 7 heteroatoms. The van der Waals surface area contributed by atoms with Gasteiger partial charge in [0.05, 0.1) is 0 Å². The van der Waals surface area contributed by atoms with Gasteiger partial charge in [0, 0.05) is 37.2 Å². The summed E-state index contributed by atoms with van der Waals surface area (Å²) in [5, 5.41) is 7.87. The molecule has 0 atom stereocenters. The topological polar surface area (TPSA) is 55.5 Å². The molecule has 0 unspecified atom stereocenters. The molecule has 1 fully saturated rings. The zero-order valence-electron chi connectivity index (χ0n) is 16.2. The third-order valence-electron chi connectivity index (χ3n) is 5.32. The Hall–Kier alpha value is -1.35. The van der Waals surface area contributed by atoms with Gasteiger partial charge in [-0.25, -0.2) is 4.39 Å². The number of hydrogen-bond acceptors (Lipinski definition) is 2. The second-order valence-corrected chi connectivity index (χ2v) is 7.21. The number of nitrogens with one attached hydrogen (secondary N) is 3. The Labute approximate surface area is 178 Å². The number of hydrogen-bond donors (Lipinski definition) is 3. The number of guanidine groups is 1. The van der Waals surface area contributed by atoms with E-state index < -0.39 is 0 Å². The molecule has 0 amide bonds. The van der Waals surface area contributed by atoms with E-state index in [1.165, 1.54) is 50.0 Å². The van der Waals surface area contributed by atoms with Gasteiger partial charge in [0.25, 0.3) is 0 Å². The molecule has 0 aliphatic carbocycles. The summed E-state index contributed by atoms with van der Waals surface area (Å²) in [4.78, 5) is 9.85. The lowest BCUT2D eigenvalue weighted by atomic mass is 9.94. The van der Waals surface area contributed by atoms with Crippen LogP contribution < -0.4 is 10.6 Å². The van der Waals surface area contributed by atoms with E-state index >= 15 is 0 Å². The number of likely N-dealkylation sites (tertiary alicyclic amines) is 1. The maximum atomic E-state index is 13.3. The van der Waals surface area contributed by atoms with Crippen molar-refractivity contribution in [2.75, 3.05) is 40.3 Å². The van der Waals surface area contributed by atoms with Gasteiger partial charge in [0.2, 0.25) is 0 Å². The molecular formula is C20H31FIN5. The molecule has 1 aliphatic heterocycles. The molecule has 1 aliphatic rings. The standard InChI is InChI=1S/C20H30FN5.HI/c1-22-20(23-9-5-15-7-11-26(2)12-8-15)24-10-6-16-14-25-19-13-17(21)3-4-18(16)19;/h3-4,13-15,25H,5-12H2,1-2H3,(H2,22,23,24);1H. The van der Waals surface area contributed by atoms with Gasteiger partial charge in [-0.3, -0.25) is 4.99 Å². The molecule has 0 radical (unpaired) electrons. The van der Waals surface area contributed by atoms with Gasteiger partial charge in [-0.1, -0.05) is 0 Å². The zero-order chi connectivity index (χ0) is 18.4. The summed E-state index contributed by atoms with van der Waals surface area (Å²) in [7, 11) is 4.00. The van der Waals surface area contributed by atoms with Crippen LogP contribution in [0, 0.1) is 11.7 Å². The first-order valence-electron chi connectivity index (χ1n) is 9.54. The van der Waals surface area contributed by atoms with E-state index in [9.17, 15) is 4.39 Å². The number of aromatic nitrogens is 1. The summed E-state index contributed by atoms with van der Waals surface area (Å²) in [6.07, 6.45) is 6.61. The van der Waals surface area contributed by atoms with Crippen molar-refractivity contribution in [1.82, 2.24) is 20.5 Å². The van der Waals surface area contributed by atoms with Crippen molar-refractivity contribution in [1.29, 1.82) is 0 Å². The molecule has 1 aromatic heterocycles. The average molecular weight is 487 g/mol. The molecule has 1 saturated heterocycles. The van der Waals surface area contributed by atoms with E-state index in [-0.39, 0.29) is 29.8 Å². The highest BCUT2D eigenvalue weighted by Gasteiger charge is 2.16. The van der Waals surface area contributed by atoms with Crippen LogP contribution in [0.5, 0.6) is 0 Å². The number of benzene rings is 1. The van der Waals surface area contributed by atoms with Crippen molar-refractivity contribution in [3.8, 4) is 0 Å². The summed E-state index contributed by atoms with van der Waals surface area (Å²) < 4.78 is 13.3. The van der Waals surface area contributed by atoms with Crippen LogP contribution in [0.15, 0.2) is 29.4 Å². The lowest BCUT2D eigenvalue weighted by Gasteiger charge is -2.29. The minimum Gasteiger partial charge on any atom is -0.361 e. The third kappa shape index (κ3) is 6.34. The van der Waals surface area contributed by atoms with E-state index in [0.29, 0.717) is 0 Å². The van der Waals surface area contributed by atoms with Crippen LogP contribution in [-0.4, -0.2) is 56.1 Å². The molecule has 0 bridgehead atoms. The number of H-pyrrole nitrogens is 1. The summed E-state index contributed by atoms with van der Waals surface area (Å²) in [6, 6.07) is 4.89. The van der Waals surface area contributed by atoms with Gasteiger partial charge in [0.15, 0.2) is 5.96 Å². The van der Waals surface area contributed by atoms with Crippen LogP contribution in [0.4, 0.5) is 4.39 Å². The quantitative estimate of drug-likeness (QED) is 0.333. The smallest absolute Gasteiger partial charge is 0.190 e. The van der Waals surface area contributed by atoms with Gasteiger partial charge >= 0.3 is 0 Å². The highest BCUT2D eigenvalue weighted by atomic mass is 127. The van der Waals surface area contributed by atoms with Crippen LogP contribution >= 0.6 is 24.0 Å². The number of fused-ring (bicyclic) bond motifs is 1. The van der Waals surface area contributed by atoms with Crippen molar-refractivity contribution < 1.29 is 4.39 Å². The largest absolute Gasteiger partial charge is 0.361 e. The molecule has 3 rings (SSSR count). The Balaban J connectivity index is 0.00000261. The minimum absolute atomic E-state index is 0. The van der Waals surface area contributed by atoms with E-state index in [1.807, 2.05) is 12.3 Å². The normalized spacial score (nSPS) is 16.3. The number of piperidine rings is 1. The second kappa shape index (κ2) is 10.8. The first-order valence-corrected chi connectivity index (χ1v) is 9.54. The van der Waals surface area contributed by atoms with Crippen molar-refractivity contribution >= 4 is 40.8 Å². The fraction of sp³-hybridized carbons (Fsp3) is 0.550. The molecule has 5 nitrogen and oxygen atoms in total. The van der Waals surface area contributed by atoms with Crippen molar-refractivity contribution in [3.63, 3.8) is 0 Å². The fourth-order valence-corrected chi connectivity index (χ4v) is 3.65. The number of rotatable bonds is 6. The molecule has 150 valence electrons. The molecule has 27 heavy (non-hydrogen) atoms. The van der Waals surface area contributed by atoms with Crippen LogP contribution in [0.25, 0.3) is 10.9 Å². The summed E-state index contributed by atoms with van der Waals surface area (Å²) in [5.41, 5.74) is 2.04. The maximum Gasteiger partial charge on any atom is 0.190 e. The van der Waals surface area contributed by atoms with Gasteiger partial charge in [-0.05, 0) is 75.5 Å². The number of aliphatic imine (C=N–C) groups is 1. The molecule has 2 heterocycles. The maximum absolute atomic E-state index is 13.3. The van der Waals surface area contributed by atoms with Gasteiger partial charge in [-0.15, -0.1) is 24.0 Å². The van der Waals surface area contributed by atoms with E-state index in [2.05, 4.69) is 32.6 Å². The molecule has 2 aromatic rings. The Morgan fingerprint density at radius 3 is 2.74 bits per heavy atom. The average Bonchev–Trinajstić information content (AvgIpc) is 3.04. The Kier molecular flexibility index (Phi) is 8.82. The SMILES string of the molecule is CN=C(NCCc1c[nH]c2cc(F)ccc12)NCCC1CCN(C)CC1.I. The van der Waals surface area contributed by atoms with Crippen LogP contribution in [0.1, 0.15) is 24.8 Å². The highest BCUT2D eigenvalue weighted by molar-refractivity contribution is 14.0. The van der Waals surface area contributed by atoms with E-state index in [1.54, 1.807) is 7.05 Å². The summed E-state index contributed by atoms with van der Waals surface area (Å²) in [6.45, 7) is 4.18. The van der Waals surface area contributed by atoms with E-state index in [0.717, 1.165) is 42.3 Å². The predicted molar refractivity (Wildman–Crippen MR) is 122 cm³/mol. The lowest BCUT2D eigenvalue weighted by molar-refractivity contribution is 0.213. The number of nitrogens with zero attached hydrogens (tertiary/aromatic N) is 2. The molecule has 3 N–H and O–H groups in total. The Bertz CT molecular complexity index is 737.